The second kappa shape index (κ2) is 5.79. The number of hydrogen-bond donors (Lipinski definition) is 1. The molecular formula is C16H19ClN4. The Hall–Kier alpha value is -1.99. The van der Waals surface area contributed by atoms with Crippen LogP contribution in [0.25, 0.3) is 0 Å². The number of hydrogen-bond acceptors (Lipinski definition) is 3. The van der Waals surface area contributed by atoms with Gasteiger partial charge in [-0.25, -0.2) is 0 Å². The highest BCUT2D eigenvalue weighted by Gasteiger charge is 2.21. The van der Waals surface area contributed by atoms with Crippen molar-refractivity contribution in [2.45, 2.75) is 32.7 Å². The standard InChI is InChI=1S/C16H19ClN4/c1-16(2,3)15-12(10-21(4)20-15)9-19-14-7-11(8-18)5-6-13(14)17/h5-7,10,19H,9H2,1-4H3. The molecule has 4 nitrogen and oxygen atoms in total. The van der Waals surface area contributed by atoms with Crippen molar-refractivity contribution in [3.8, 4) is 6.07 Å². The quantitative estimate of drug-likeness (QED) is 0.937. The zero-order valence-electron chi connectivity index (χ0n) is 12.7. The van der Waals surface area contributed by atoms with Gasteiger partial charge in [-0.15, -0.1) is 0 Å². The molecule has 5 heteroatoms. The average molecular weight is 303 g/mol. The van der Waals surface area contributed by atoms with Crippen molar-refractivity contribution >= 4 is 17.3 Å². The number of nitrogens with zero attached hydrogens (tertiary/aromatic N) is 3. The topological polar surface area (TPSA) is 53.6 Å². The first kappa shape index (κ1) is 15.4. The molecule has 0 bridgehead atoms. The molecule has 0 unspecified atom stereocenters. The molecule has 0 aliphatic heterocycles. The fourth-order valence-corrected chi connectivity index (χ4v) is 2.40. The summed E-state index contributed by atoms with van der Waals surface area (Å²) in [5.41, 5.74) is 3.52. The summed E-state index contributed by atoms with van der Waals surface area (Å²) in [5, 5.41) is 17.4. The van der Waals surface area contributed by atoms with Crippen LogP contribution in [0.15, 0.2) is 24.4 Å². The molecule has 0 radical (unpaired) electrons. The van der Waals surface area contributed by atoms with Gasteiger partial charge in [0.15, 0.2) is 0 Å². The third-order valence-corrected chi connectivity index (χ3v) is 3.51. The number of nitrogens with one attached hydrogen (secondary N) is 1. The van der Waals surface area contributed by atoms with E-state index in [-0.39, 0.29) is 5.41 Å². The Kier molecular flexibility index (Phi) is 4.24. The summed E-state index contributed by atoms with van der Waals surface area (Å²) >= 11 is 6.16. The summed E-state index contributed by atoms with van der Waals surface area (Å²) in [6.07, 6.45) is 2.01. The number of aryl methyl sites for hydroxylation is 1. The lowest BCUT2D eigenvalue weighted by molar-refractivity contribution is 0.549. The molecule has 1 heterocycles. The van der Waals surface area contributed by atoms with Gasteiger partial charge in [0.25, 0.3) is 0 Å². The van der Waals surface area contributed by atoms with E-state index in [1.54, 1.807) is 18.2 Å². The van der Waals surface area contributed by atoms with Crippen molar-refractivity contribution in [2.75, 3.05) is 5.32 Å². The van der Waals surface area contributed by atoms with Crippen molar-refractivity contribution in [3.63, 3.8) is 0 Å². The van der Waals surface area contributed by atoms with Crippen LogP contribution >= 0.6 is 11.6 Å². The second-order valence-corrected chi connectivity index (χ2v) is 6.49. The number of rotatable bonds is 3. The lowest BCUT2D eigenvalue weighted by Crippen LogP contribution is -2.16. The molecule has 1 aromatic carbocycles. The normalized spacial score (nSPS) is 11.2. The molecule has 0 spiro atoms. The maximum Gasteiger partial charge on any atom is 0.0992 e. The number of halogens is 1. The Balaban J connectivity index is 2.23. The van der Waals surface area contributed by atoms with Gasteiger partial charge in [0.2, 0.25) is 0 Å². The van der Waals surface area contributed by atoms with Crippen LogP contribution in [0.4, 0.5) is 5.69 Å². The monoisotopic (exact) mass is 302 g/mol. The Bertz CT molecular complexity index is 689. The van der Waals surface area contributed by atoms with Crippen molar-refractivity contribution in [1.29, 1.82) is 5.26 Å². The van der Waals surface area contributed by atoms with E-state index in [0.29, 0.717) is 17.1 Å². The highest BCUT2D eigenvalue weighted by Crippen LogP contribution is 2.27. The predicted octanol–water partition coefficient (Wildman–Crippen LogP) is 3.85. The number of benzene rings is 1. The van der Waals surface area contributed by atoms with Crippen molar-refractivity contribution < 1.29 is 0 Å². The van der Waals surface area contributed by atoms with E-state index in [0.717, 1.165) is 16.9 Å². The van der Waals surface area contributed by atoms with E-state index in [1.165, 1.54) is 0 Å². The first-order valence-electron chi connectivity index (χ1n) is 6.78. The summed E-state index contributed by atoms with van der Waals surface area (Å²) in [4.78, 5) is 0. The van der Waals surface area contributed by atoms with E-state index in [9.17, 15) is 0 Å². The minimum absolute atomic E-state index is 0.0173. The van der Waals surface area contributed by atoms with E-state index >= 15 is 0 Å². The van der Waals surface area contributed by atoms with Crippen LogP contribution in [0.1, 0.15) is 37.6 Å². The maximum atomic E-state index is 8.96. The number of aromatic nitrogens is 2. The molecule has 0 saturated heterocycles. The van der Waals surface area contributed by atoms with Gasteiger partial charge >= 0.3 is 0 Å². The molecule has 0 amide bonds. The average Bonchev–Trinajstić information content (AvgIpc) is 2.79. The van der Waals surface area contributed by atoms with E-state index in [1.807, 2.05) is 17.9 Å². The van der Waals surface area contributed by atoms with Crippen LogP contribution in [0.5, 0.6) is 0 Å². The first-order chi connectivity index (χ1) is 9.81. The maximum absolute atomic E-state index is 8.96. The first-order valence-corrected chi connectivity index (χ1v) is 7.15. The van der Waals surface area contributed by atoms with Crippen molar-refractivity contribution in [2.24, 2.45) is 7.05 Å². The lowest BCUT2D eigenvalue weighted by atomic mass is 9.89. The van der Waals surface area contributed by atoms with Gasteiger partial charge in [-0.2, -0.15) is 10.4 Å². The Morgan fingerprint density at radius 1 is 1.38 bits per heavy atom. The third kappa shape index (κ3) is 3.56. The molecule has 0 aliphatic rings. The van der Waals surface area contributed by atoms with Gasteiger partial charge in [0.05, 0.1) is 28.0 Å². The van der Waals surface area contributed by atoms with Gasteiger partial charge in [-0.1, -0.05) is 32.4 Å². The molecule has 1 N–H and O–H groups in total. The van der Waals surface area contributed by atoms with Crippen LogP contribution < -0.4 is 5.32 Å². The fraction of sp³-hybridized carbons (Fsp3) is 0.375. The fourth-order valence-electron chi connectivity index (χ4n) is 2.22. The zero-order valence-corrected chi connectivity index (χ0v) is 13.5. The van der Waals surface area contributed by atoms with Crippen LogP contribution in [0.3, 0.4) is 0 Å². The van der Waals surface area contributed by atoms with E-state index < -0.39 is 0 Å². The molecule has 0 atom stereocenters. The van der Waals surface area contributed by atoms with Crippen molar-refractivity contribution in [3.05, 3.63) is 46.2 Å². The molecule has 2 rings (SSSR count). The summed E-state index contributed by atoms with van der Waals surface area (Å²) in [6.45, 7) is 7.04. The van der Waals surface area contributed by atoms with E-state index in [4.69, 9.17) is 16.9 Å². The van der Waals surface area contributed by atoms with Crippen LogP contribution in [0, 0.1) is 11.3 Å². The molecule has 0 saturated carbocycles. The Morgan fingerprint density at radius 3 is 2.71 bits per heavy atom. The smallest absolute Gasteiger partial charge is 0.0992 e. The Labute approximate surface area is 130 Å². The molecule has 110 valence electrons. The molecule has 0 aliphatic carbocycles. The van der Waals surface area contributed by atoms with E-state index in [2.05, 4.69) is 37.3 Å². The molecule has 0 fully saturated rings. The molecule has 1 aromatic heterocycles. The molecular weight excluding hydrogens is 284 g/mol. The number of anilines is 1. The van der Waals surface area contributed by atoms with Gasteiger partial charge in [-0.3, -0.25) is 4.68 Å². The minimum atomic E-state index is -0.0173. The molecule has 2 aromatic rings. The predicted molar refractivity (Wildman–Crippen MR) is 85.4 cm³/mol. The second-order valence-electron chi connectivity index (χ2n) is 6.09. The summed E-state index contributed by atoms with van der Waals surface area (Å²) < 4.78 is 1.82. The Morgan fingerprint density at radius 2 is 2.10 bits per heavy atom. The minimum Gasteiger partial charge on any atom is -0.380 e. The van der Waals surface area contributed by atoms with Gasteiger partial charge < -0.3 is 5.32 Å². The van der Waals surface area contributed by atoms with Crippen molar-refractivity contribution in [1.82, 2.24) is 9.78 Å². The lowest BCUT2D eigenvalue weighted by Gasteiger charge is -2.18. The van der Waals surface area contributed by atoms with Gasteiger partial charge in [0, 0.05) is 30.8 Å². The number of nitriles is 1. The largest absolute Gasteiger partial charge is 0.380 e. The third-order valence-electron chi connectivity index (χ3n) is 3.18. The summed E-state index contributed by atoms with van der Waals surface area (Å²) in [7, 11) is 1.92. The molecule has 21 heavy (non-hydrogen) atoms. The van der Waals surface area contributed by atoms with Gasteiger partial charge in [0.1, 0.15) is 0 Å². The van der Waals surface area contributed by atoms with Crippen LogP contribution in [-0.2, 0) is 19.0 Å². The highest BCUT2D eigenvalue weighted by atomic mass is 35.5. The zero-order chi connectivity index (χ0) is 15.6. The highest BCUT2D eigenvalue weighted by molar-refractivity contribution is 6.33. The summed E-state index contributed by atoms with van der Waals surface area (Å²) in [6, 6.07) is 7.32. The summed E-state index contributed by atoms with van der Waals surface area (Å²) in [5.74, 6) is 0. The van der Waals surface area contributed by atoms with Crippen LogP contribution in [0.2, 0.25) is 5.02 Å². The van der Waals surface area contributed by atoms with Gasteiger partial charge in [-0.05, 0) is 18.2 Å². The van der Waals surface area contributed by atoms with Crippen LogP contribution in [-0.4, -0.2) is 9.78 Å². The SMILES string of the molecule is Cn1cc(CNc2cc(C#N)ccc2Cl)c(C(C)(C)C)n1.